The summed E-state index contributed by atoms with van der Waals surface area (Å²) in [6.45, 7) is 0. The predicted octanol–water partition coefficient (Wildman–Crippen LogP) is 3.00. The first-order valence-electron chi connectivity index (χ1n) is 6.97. The summed E-state index contributed by atoms with van der Waals surface area (Å²) >= 11 is 0. The quantitative estimate of drug-likeness (QED) is 0.420. The van der Waals surface area contributed by atoms with E-state index in [1.54, 1.807) is 72.8 Å². The van der Waals surface area contributed by atoms with E-state index in [2.05, 4.69) is 0 Å². The zero-order chi connectivity index (χ0) is 15.5. The van der Waals surface area contributed by atoms with Crippen molar-refractivity contribution < 1.29 is 36.7 Å². The Morgan fingerprint density at radius 2 is 0.913 bits per heavy atom. The van der Waals surface area contributed by atoms with Crippen LogP contribution in [0.1, 0.15) is 0 Å². The Morgan fingerprint density at radius 3 is 1.30 bits per heavy atom. The first kappa shape index (κ1) is 17.9. The number of para-hydroxylation sites is 1. The van der Waals surface area contributed by atoms with E-state index >= 15 is 0 Å². The summed E-state index contributed by atoms with van der Waals surface area (Å²) in [5.41, 5.74) is 0. The molecule has 0 heterocycles. The van der Waals surface area contributed by atoms with E-state index in [9.17, 15) is 9.79 Å². The third-order valence-electron chi connectivity index (χ3n) is 3.46. The van der Waals surface area contributed by atoms with Crippen molar-refractivity contribution in [3.63, 3.8) is 0 Å². The van der Waals surface area contributed by atoms with Crippen LogP contribution in [0.3, 0.4) is 0 Å². The summed E-state index contributed by atoms with van der Waals surface area (Å²) in [5.74, 6) is 0.415. The van der Waals surface area contributed by atoms with Crippen LogP contribution in [-0.4, -0.2) is 9.79 Å². The SMILES string of the molecule is OP(O)(Oc1ccccc1)(c1ccccc1)c1ccccc1.[Au]. The monoisotopic (exact) mass is 509 g/mol. The van der Waals surface area contributed by atoms with Crippen LogP contribution in [-0.2, 0) is 22.4 Å². The van der Waals surface area contributed by atoms with Crippen LogP contribution in [0.15, 0.2) is 91.0 Å². The van der Waals surface area contributed by atoms with Gasteiger partial charge in [0, 0.05) is 22.4 Å². The molecule has 5 heteroatoms. The molecule has 0 spiro atoms. The molecule has 0 atom stereocenters. The molecule has 23 heavy (non-hydrogen) atoms. The van der Waals surface area contributed by atoms with Gasteiger partial charge in [-0.2, -0.15) is 0 Å². The van der Waals surface area contributed by atoms with Gasteiger partial charge in [0.25, 0.3) is 0 Å². The van der Waals surface area contributed by atoms with Gasteiger partial charge in [-0.15, -0.1) is 0 Å². The minimum absolute atomic E-state index is 0. The maximum Gasteiger partial charge on any atom is 0 e. The van der Waals surface area contributed by atoms with Gasteiger partial charge < -0.3 is 0 Å². The molecule has 0 aliphatic rings. The topological polar surface area (TPSA) is 49.7 Å². The fourth-order valence-electron chi connectivity index (χ4n) is 2.33. The van der Waals surface area contributed by atoms with Crippen molar-refractivity contribution in [1.29, 1.82) is 0 Å². The van der Waals surface area contributed by atoms with Crippen molar-refractivity contribution in [2.45, 2.75) is 0 Å². The fraction of sp³-hybridized carbons (Fsp3) is 0. The van der Waals surface area contributed by atoms with E-state index in [4.69, 9.17) is 4.52 Å². The van der Waals surface area contributed by atoms with Gasteiger partial charge in [-0.25, -0.2) is 0 Å². The molecule has 0 fully saturated rings. The Morgan fingerprint density at radius 1 is 0.565 bits per heavy atom. The molecule has 0 saturated heterocycles. The number of rotatable bonds is 4. The van der Waals surface area contributed by atoms with E-state index < -0.39 is 7.28 Å². The first-order valence-corrected chi connectivity index (χ1v) is 9.03. The van der Waals surface area contributed by atoms with Crippen molar-refractivity contribution in [3.05, 3.63) is 91.0 Å². The Bertz CT molecular complexity index is 705. The third-order valence-corrected chi connectivity index (χ3v) is 6.48. The average Bonchev–Trinajstić information content (AvgIpc) is 2.57. The second-order valence-electron chi connectivity index (χ2n) is 5.02. The molecule has 2 N–H and O–H groups in total. The Hall–Kier alpha value is -1.45. The van der Waals surface area contributed by atoms with Gasteiger partial charge in [-0.3, -0.25) is 0 Å². The van der Waals surface area contributed by atoms with Gasteiger partial charge in [0.1, 0.15) is 0 Å². The van der Waals surface area contributed by atoms with Crippen molar-refractivity contribution in [2.24, 2.45) is 0 Å². The Labute approximate surface area is 151 Å². The van der Waals surface area contributed by atoms with E-state index in [0.29, 0.717) is 16.4 Å². The summed E-state index contributed by atoms with van der Waals surface area (Å²) in [5, 5.41) is 0.729. The molecule has 0 aliphatic carbocycles. The first-order chi connectivity index (χ1) is 10.6. The van der Waals surface area contributed by atoms with E-state index in [1.165, 1.54) is 0 Å². The van der Waals surface area contributed by atoms with Gasteiger partial charge >= 0.3 is 129 Å². The van der Waals surface area contributed by atoms with Crippen molar-refractivity contribution in [1.82, 2.24) is 0 Å². The second-order valence-corrected chi connectivity index (χ2v) is 8.13. The largest absolute Gasteiger partial charge is 0 e. The van der Waals surface area contributed by atoms with Gasteiger partial charge in [0.05, 0.1) is 0 Å². The molecular formula is C18H17AuO3P. The van der Waals surface area contributed by atoms with Gasteiger partial charge in [0.2, 0.25) is 0 Å². The summed E-state index contributed by atoms with van der Waals surface area (Å²) in [6.07, 6.45) is 0. The van der Waals surface area contributed by atoms with Crippen LogP contribution >= 0.6 is 7.28 Å². The molecule has 0 aliphatic heterocycles. The van der Waals surface area contributed by atoms with Crippen LogP contribution in [0.4, 0.5) is 0 Å². The molecule has 3 aromatic carbocycles. The Balaban J connectivity index is 0.00000192. The molecular weight excluding hydrogens is 492 g/mol. The predicted molar refractivity (Wildman–Crippen MR) is 90.6 cm³/mol. The summed E-state index contributed by atoms with van der Waals surface area (Å²) in [7, 11) is -4.74. The fourth-order valence-corrected chi connectivity index (χ4v) is 4.78. The van der Waals surface area contributed by atoms with Crippen LogP contribution in [0, 0.1) is 0 Å². The van der Waals surface area contributed by atoms with Crippen LogP contribution in [0.2, 0.25) is 0 Å². The maximum absolute atomic E-state index is 11.3. The van der Waals surface area contributed by atoms with Gasteiger partial charge in [-0.05, 0) is 0 Å². The summed E-state index contributed by atoms with van der Waals surface area (Å²) in [6, 6.07) is 26.3. The normalized spacial score (nSPS) is 12.5. The molecule has 123 valence electrons. The number of hydrogen-bond acceptors (Lipinski definition) is 3. The molecule has 0 amide bonds. The molecule has 0 aromatic heterocycles. The van der Waals surface area contributed by atoms with Crippen molar-refractivity contribution >= 4 is 17.9 Å². The smallest absolute Gasteiger partial charge is 0 e. The average molecular weight is 509 g/mol. The molecule has 3 aromatic rings. The molecule has 0 unspecified atom stereocenters. The standard InChI is InChI=1S/C18H17O3P.Au/c19-22(20,17-12-6-2-7-13-17,18-14-8-3-9-15-18)21-16-10-4-1-5-11-16;/h1-15,19-20H;. The van der Waals surface area contributed by atoms with Crippen molar-refractivity contribution in [3.8, 4) is 5.75 Å². The third kappa shape index (κ3) is 3.56. The molecule has 0 bridgehead atoms. The molecule has 1 radical (unpaired) electrons. The van der Waals surface area contributed by atoms with Crippen LogP contribution < -0.4 is 15.1 Å². The zero-order valence-electron chi connectivity index (χ0n) is 12.2. The molecule has 0 saturated carbocycles. The van der Waals surface area contributed by atoms with Crippen molar-refractivity contribution in [2.75, 3.05) is 0 Å². The Kier molecular flexibility index (Phi) is 5.43. The zero-order valence-corrected chi connectivity index (χ0v) is 15.3. The second kappa shape index (κ2) is 6.98. The van der Waals surface area contributed by atoms with E-state index in [1.807, 2.05) is 18.2 Å². The number of hydrogen-bond donors (Lipinski definition) is 2. The van der Waals surface area contributed by atoms with Gasteiger partial charge in [-0.1, -0.05) is 0 Å². The molecule has 3 nitrogen and oxygen atoms in total. The minimum atomic E-state index is -4.74. The van der Waals surface area contributed by atoms with Gasteiger partial charge in [0.15, 0.2) is 0 Å². The van der Waals surface area contributed by atoms with E-state index in [0.717, 1.165) is 0 Å². The molecule has 3 rings (SSSR count). The van der Waals surface area contributed by atoms with E-state index in [-0.39, 0.29) is 22.4 Å². The van der Waals surface area contributed by atoms with Crippen LogP contribution in [0.5, 0.6) is 5.75 Å². The summed E-state index contributed by atoms with van der Waals surface area (Å²) < 4.78 is 5.80. The van der Waals surface area contributed by atoms with Crippen LogP contribution in [0.25, 0.3) is 0 Å². The number of benzene rings is 3. The summed E-state index contributed by atoms with van der Waals surface area (Å²) in [4.78, 5) is 22.7. The minimum Gasteiger partial charge on any atom is 0 e. The maximum atomic E-state index is 11.3.